The van der Waals surface area contributed by atoms with Crippen LogP contribution < -0.4 is 5.73 Å². The Morgan fingerprint density at radius 1 is 1.27 bits per heavy atom. The van der Waals surface area contributed by atoms with Crippen molar-refractivity contribution in [3.8, 4) is 11.3 Å². The van der Waals surface area contributed by atoms with Gasteiger partial charge in [0.25, 0.3) is 0 Å². The van der Waals surface area contributed by atoms with Gasteiger partial charge in [0.2, 0.25) is 0 Å². The van der Waals surface area contributed by atoms with Crippen LogP contribution in [0, 0.1) is 11.6 Å². The van der Waals surface area contributed by atoms with Crippen molar-refractivity contribution in [1.82, 2.24) is 5.16 Å². The van der Waals surface area contributed by atoms with Crippen molar-refractivity contribution < 1.29 is 13.3 Å². The largest absolute Gasteiger partial charge is 0.381 e. The molecular formula is C9H5BrF2N2O. The Balaban J connectivity index is 2.59. The summed E-state index contributed by atoms with van der Waals surface area (Å²) >= 11 is 2.87. The van der Waals surface area contributed by atoms with Gasteiger partial charge in [-0.25, -0.2) is 8.78 Å². The van der Waals surface area contributed by atoms with Crippen molar-refractivity contribution >= 4 is 21.7 Å². The number of nitrogens with two attached hydrogens (primary N) is 1. The highest BCUT2D eigenvalue weighted by molar-refractivity contribution is 9.10. The summed E-state index contributed by atoms with van der Waals surface area (Å²) in [6.45, 7) is 0. The third-order valence-electron chi connectivity index (χ3n) is 1.83. The van der Waals surface area contributed by atoms with E-state index >= 15 is 0 Å². The summed E-state index contributed by atoms with van der Waals surface area (Å²) in [5, 5.41) is 3.39. The third-order valence-corrected chi connectivity index (χ3v) is 2.44. The predicted octanol–water partition coefficient (Wildman–Crippen LogP) is 2.96. The van der Waals surface area contributed by atoms with Crippen LogP contribution in [0.25, 0.3) is 11.3 Å². The summed E-state index contributed by atoms with van der Waals surface area (Å²) < 4.78 is 31.4. The van der Waals surface area contributed by atoms with Crippen LogP contribution in [0.1, 0.15) is 0 Å². The second-order valence-corrected chi connectivity index (χ2v) is 3.69. The zero-order valence-corrected chi connectivity index (χ0v) is 8.88. The average Bonchev–Trinajstić information content (AvgIpc) is 2.61. The maximum atomic E-state index is 13.4. The molecule has 0 aliphatic carbocycles. The standard InChI is InChI=1S/C9H5BrF2N2O/c10-5-2-1-4(8(11)9(5)12)6-3-7(13)14-15-6/h1-3H,(H2,13,14). The summed E-state index contributed by atoms with van der Waals surface area (Å²) in [7, 11) is 0. The van der Waals surface area contributed by atoms with Crippen LogP contribution in [0.2, 0.25) is 0 Å². The molecule has 2 aromatic rings. The summed E-state index contributed by atoms with van der Waals surface area (Å²) in [6, 6.07) is 4.08. The Bertz CT molecular complexity index is 513. The molecule has 0 amide bonds. The van der Waals surface area contributed by atoms with Gasteiger partial charge in [0.15, 0.2) is 23.2 Å². The van der Waals surface area contributed by atoms with Crippen molar-refractivity contribution in [2.75, 3.05) is 5.73 Å². The molecule has 0 fully saturated rings. The average molecular weight is 275 g/mol. The van der Waals surface area contributed by atoms with Crippen LogP contribution in [0.5, 0.6) is 0 Å². The molecule has 0 atom stereocenters. The molecule has 1 aromatic carbocycles. The highest BCUT2D eigenvalue weighted by Gasteiger charge is 2.16. The minimum atomic E-state index is -1.000. The van der Waals surface area contributed by atoms with Gasteiger partial charge in [-0.05, 0) is 28.1 Å². The molecule has 6 heteroatoms. The monoisotopic (exact) mass is 274 g/mol. The first-order valence-electron chi connectivity index (χ1n) is 3.95. The van der Waals surface area contributed by atoms with Gasteiger partial charge < -0.3 is 10.3 Å². The smallest absolute Gasteiger partial charge is 0.173 e. The highest BCUT2D eigenvalue weighted by Crippen LogP contribution is 2.29. The fraction of sp³-hybridized carbons (Fsp3) is 0. The van der Waals surface area contributed by atoms with Gasteiger partial charge in [0.1, 0.15) is 0 Å². The Morgan fingerprint density at radius 2 is 2.00 bits per heavy atom. The topological polar surface area (TPSA) is 52.0 Å². The third kappa shape index (κ3) is 1.72. The lowest BCUT2D eigenvalue weighted by Gasteiger charge is -2.00. The zero-order chi connectivity index (χ0) is 11.0. The van der Waals surface area contributed by atoms with E-state index in [1.165, 1.54) is 18.2 Å². The minimum absolute atomic E-state index is 0.0140. The quantitative estimate of drug-likeness (QED) is 0.814. The van der Waals surface area contributed by atoms with E-state index in [0.29, 0.717) is 0 Å². The molecule has 2 N–H and O–H groups in total. The summed E-state index contributed by atoms with van der Waals surface area (Å²) in [4.78, 5) is 0. The number of aromatic nitrogens is 1. The Morgan fingerprint density at radius 3 is 2.60 bits per heavy atom. The Hall–Kier alpha value is -1.43. The lowest BCUT2D eigenvalue weighted by Crippen LogP contribution is -1.89. The molecule has 3 nitrogen and oxygen atoms in total. The van der Waals surface area contributed by atoms with Crippen molar-refractivity contribution in [2.45, 2.75) is 0 Å². The second kappa shape index (κ2) is 3.62. The number of hydrogen-bond donors (Lipinski definition) is 1. The fourth-order valence-corrected chi connectivity index (χ4v) is 1.44. The van der Waals surface area contributed by atoms with E-state index in [9.17, 15) is 8.78 Å². The molecule has 0 saturated carbocycles. The van der Waals surface area contributed by atoms with Crippen LogP contribution in [-0.2, 0) is 0 Å². The summed E-state index contributed by atoms with van der Waals surface area (Å²) in [5.74, 6) is -1.76. The van der Waals surface area contributed by atoms with Crippen LogP contribution in [0.4, 0.5) is 14.6 Å². The lowest BCUT2D eigenvalue weighted by atomic mass is 10.1. The molecule has 0 unspecified atom stereocenters. The molecular weight excluding hydrogens is 270 g/mol. The SMILES string of the molecule is Nc1cc(-c2ccc(Br)c(F)c2F)on1. The number of benzene rings is 1. The number of nitrogens with zero attached hydrogens (tertiary/aromatic N) is 1. The zero-order valence-electron chi connectivity index (χ0n) is 7.30. The first-order chi connectivity index (χ1) is 7.09. The molecule has 78 valence electrons. The molecule has 0 spiro atoms. The molecule has 1 aromatic heterocycles. The molecule has 0 radical (unpaired) electrons. The van der Waals surface area contributed by atoms with E-state index in [2.05, 4.69) is 21.1 Å². The maximum absolute atomic E-state index is 13.4. The number of nitrogen functional groups attached to an aromatic ring is 1. The van der Waals surface area contributed by atoms with Gasteiger partial charge in [-0.1, -0.05) is 5.16 Å². The van der Waals surface area contributed by atoms with Crippen molar-refractivity contribution in [3.05, 3.63) is 34.3 Å². The van der Waals surface area contributed by atoms with Crippen molar-refractivity contribution in [3.63, 3.8) is 0 Å². The predicted molar refractivity (Wildman–Crippen MR) is 54.0 cm³/mol. The van der Waals surface area contributed by atoms with Crippen LogP contribution >= 0.6 is 15.9 Å². The summed E-state index contributed by atoms with van der Waals surface area (Å²) in [5.41, 5.74) is 5.29. The molecule has 0 bridgehead atoms. The van der Waals surface area contributed by atoms with Crippen LogP contribution in [-0.4, -0.2) is 5.16 Å². The van der Waals surface area contributed by atoms with Gasteiger partial charge >= 0.3 is 0 Å². The Kier molecular flexibility index (Phi) is 2.44. The summed E-state index contributed by atoms with van der Waals surface area (Å²) in [6.07, 6.45) is 0. The van der Waals surface area contributed by atoms with Crippen LogP contribution in [0.15, 0.2) is 27.2 Å². The molecule has 1 heterocycles. The van der Waals surface area contributed by atoms with E-state index in [1.807, 2.05) is 0 Å². The van der Waals surface area contributed by atoms with Gasteiger partial charge in [0, 0.05) is 6.07 Å². The van der Waals surface area contributed by atoms with Gasteiger partial charge in [-0.2, -0.15) is 0 Å². The first kappa shape index (κ1) is 10.1. The number of rotatable bonds is 1. The van der Waals surface area contributed by atoms with E-state index in [-0.39, 0.29) is 21.6 Å². The second-order valence-electron chi connectivity index (χ2n) is 2.84. The first-order valence-corrected chi connectivity index (χ1v) is 4.75. The molecule has 0 saturated heterocycles. The molecule has 15 heavy (non-hydrogen) atoms. The maximum Gasteiger partial charge on any atom is 0.173 e. The van der Waals surface area contributed by atoms with Gasteiger partial charge in [-0.15, -0.1) is 0 Å². The van der Waals surface area contributed by atoms with E-state index in [4.69, 9.17) is 10.3 Å². The highest BCUT2D eigenvalue weighted by atomic mass is 79.9. The number of hydrogen-bond acceptors (Lipinski definition) is 3. The van der Waals surface area contributed by atoms with Gasteiger partial charge in [-0.3, -0.25) is 0 Å². The molecule has 2 rings (SSSR count). The van der Waals surface area contributed by atoms with E-state index < -0.39 is 11.6 Å². The lowest BCUT2D eigenvalue weighted by molar-refractivity contribution is 0.430. The minimum Gasteiger partial charge on any atom is -0.381 e. The molecule has 0 aliphatic heterocycles. The number of anilines is 1. The normalized spacial score (nSPS) is 10.6. The van der Waals surface area contributed by atoms with E-state index in [0.717, 1.165) is 0 Å². The Labute approximate surface area is 92.0 Å². The fourth-order valence-electron chi connectivity index (χ4n) is 1.13. The van der Waals surface area contributed by atoms with Crippen molar-refractivity contribution in [1.29, 1.82) is 0 Å². The van der Waals surface area contributed by atoms with Crippen LogP contribution in [0.3, 0.4) is 0 Å². The van der Waals surface area contributed by atoms with Crippen molar-refractivity contribution in [2.24, 2.45) is 0 Å². The van der Waals surface area contributed by atoms with Gasteiger partial charge in [0.05, 0.1) is 10.0 Å². The number of halogens is 3. The molecule has 0 aliphatic rings. The van der Waals surface area contributed by atoms with E-state index in [1.54, 1.807) is 0 Å².